The molecule has 0 saturated carbocycles. The third kappa shape index (κ3) is 3.23. The van der Waals surface area contributed by atoms with E-state index in [0.717, 1.165) is 10.7 Å². The first-order valence-corrected chi connectivity index (χ1v) is 6.92. The van der Waals surface area contributed by atoms with Crippen molar-refractivity contribution in [3.05, 3.63) is 31.9 Å². The zero-order chi connectivity index (χ0) is 15.6. The molecule has 0 aliphatic heterocycles. The molecule has 0 saturated heterocycles. The summed E-state index contributed by atoms with van der Waals surface area (Å²) in [7, 11) is 1.71. The van der Waals surface area contributed by atoms with Gasteiger partial charge in [-0.2, -0.15) is 4.98 Å². The Labute approximate surface area is 125 Å². The molecule has 21 heavy (non-hydrogen) atoms. The predicted molar refractivity (Wildman–Crippen MR) is 80.2 cm³/mol. The van der Waals surface area contributed by atoms with E-state index in [1.807, 2.05) is 12.3 Å². The van der Waals surface area contributed by atoms with E-state index in [-0.39, 0.29) is 23.1 Å². The van der Waals surface area contributed by atoms with Crippen LogP contribution in [0.4, 0.5) is 17.5 Å². The number of nitrogens with zero attached hydrogens (tertiary/aromatic N) is 5. The average molecular weight is 309 g/mol. The van der Waals surface area contributed by atoms with Crippen molar-refractivity contribution in [1.82, 2.24) is 15.0 Å². The summed E-state index contributed by atoms with van der Waals surface area (Å²) in [5, 5.41) is 14.1. The molecule has 9 nitrogen and oxygen atoms in total. The van der Waals surface area contributed by atoms with Crippen molar-refractivity contribution in [2.24, 2.45) is 5.84 Å². The maximum Gasteiger partial charge on any atom is 0.332 e. The average Bonchev–Trinajstić information content (AvgIpc) is 2.82. The van der Waals surface area contributed by atoms with Gasteiger partial charge in [-0.15, -0.1) is 11.3 Å². The fourth-order valence-corrected chi connectivity index (χ4v) is 2.50. The number of nitro groups is 1. The van der Waals surface area contributed by atoms with Crippen molar-refractivity contribution in [1.29, 1.82) is 0 Å². The highest BCUT2D eigenvalue weighted by Gasteiger charge is 2.25. The summed E-state index contributed by atoms with van der Waals surface area (Å²) in [4.78, 5) is 24.8. The number of nitrogen functional groups attached to an aromatic ring is 1. The molecule has 0 aliphatic rings. The van der Waals surface area contributed by atoms with Gasteiger partial charge >= 0.3 is 5.69 Å². The second-order valence-electron chi connectivity index (χ2n) is 4.42. The van der Waals surface area contributed by atoms with Gasteiger partial charge in [-0.1, -0.05) is 0 Å². The van der Waals surface area contributed by atoms with Crippen LogP contribution < -0.4 is 16.2 Å². The normalized spacial score (nSPS) is 10.5. The number of aryl methyl sites for hydroxylation is 2. The Hall–Kier alpha value is -2.33. The largest absolute Gasteiger partial charge is 0.348 e. The van der Waals surface area contributed by atoms with Crippen molar-refractivity contribution < 1.29 is 4.92 Å². The highest BCUT2D eigenvalue weighted by Crippen LogP contribution is 2.29. The van der Waals surface area contributed by atoms with Crippen LogP contribution in [0, 0.1) is 24.0 Å². The molecule has 0 bridgehead atoms. The lowest BCUT2D eigenvalue weighted by Gasteiger charge is -2.18. The summed E-state index contributed by atoms with van der Waals surface area (Å²) in [6.07, 6.45) is 0. The predicted octanol–water partition coefficient (Wildman–Crippen LogP) is 1.38. The maximum atomic E-state index is 11.2. The number of nitrogens with one attached hydrogen (secondary N) is 1. The zero-order valence-corrected chi connectivity index (χ0v) is 12.6. The molecule has 10 heteroatoms. The van der Waals surface area contributed by atoms with E-state index in [4.69, 9.17) is 5.84 Å². The van der Waals surface area contributed by atoms with Crippen LogP contribution in [-0.2, 0) is 6.54 Å². The van der Waals surface area contributed by atoms with Crippen molar-refractivity contribution >= 4 is 28.8 Å². The number of nitrogens with two attached hydrogens (primary N) is 1. The van der Waals surface area contributed by atoms with Gasteiger partial charge < -0.3 is 4.90 Å². The second kappa shape index (κ2) is 5.97. The van der Waals surface area contributed by atoms with Gasteiger partial charge in [0.1, 0.15) is 5.69 Å². The summed E-state index contributed by atoms with van der Waals surface area (Å²) in [5.74, 6) is 5.63. The van der Waals surface area contributed by atoms with Gasteiger partial charge in [-0.05, 0) is 13.8 Å². The van der Waals surface area contributed by atoms with Gasteiger partial charge in [-0.3, -0.25) is 15.5 Å². The van der Waals surface area contributed by atoms with Crippen LogP contribution in [0.5, 0.6) is 0 Å². The number of hydrogen-bond acceptors (Lipinski definition) is 9. The molecular formula is C11H15N7O2S. The van der Waals surface area contributed by atoms with Crippen LogP contribution in [0.2, 0.25) is 0 Å². The minimum Gasteiger partial charge on any atom is -0.348 e. The molecule has 0 fully saturated rings. The van der Waals surface area contributed by atoms with Crippen molar-refractivity contribution in [3.63, 3.8) is 0 Å². The lowest BCUT2D eigenvalue weighted by Crippen LogP contribution is -2.22. The van der Waals surface area contributed by atoms with Crippen LogP contribution >= 0.6 is 11.3 Å². The summed E-state index contributed by atoms with van der Waals surface area (Å²) in [6.45, 7) is 3.86. The molecule has 3 N–H and O–H groups in total. The standard InChI is InChI=1S/C11H15N7O2S/c1-6-9(18(19)20)10(15-11(13-6)16-12)17(3)4-8-5-21-7(2)14-8/h5H,4,12H2,1-3H3,(H,13,15,16). The minimum absolute atomic E-state index is 0.134. The first-order chi connectivity index (χ1) is 9.92. The Bertz CT molecular complexity index is 673. The molecule has 112 valence electrons. The number of anilines is 2. The van der Waals surface area contributed by atoms with Gasteiger partial charge in [0.25, 0.3) is 0 Å². The van der Waals surface area contributed by atoms with E-state index in [9.17, 15) is 10.1 Å². The molecule has 0 aliphatic carbocycles. The monoisotopic (exact) mass is 309 g/mol. The highest BCUT2D eigenvalue weighted by atomic mass is 32.1. The SMILES string of the molecule is Cc1nc(CN(C)c2nc(NN)nc(C)c2[N+](=O)[O-])cs1. The zero-order valence-electron chi connectivity index (χ0n) is 11.8. The van der Waals surface area contributed by atoms with E-state index < -0.39 is 4.92 Å². The molecule has 0 unspecified atom stereocenters. The quantitative estimate of drug-likeness (QED) is 0.482. The van der Waals surface area contributed by atoms with Crippen LogP contribution in [0.3, 0.4) is 0 Å². The van der Waals surface area contributed by atoms with Gasteiger partial charge in [0.2, 0.25) is 11.8 Å². The van der Waals surface area contributed by atoms with Gasteiger partial charge in [0.15, 0.2) is 0 Å². The minimum atomic E-state index is -0.492. The highest BCUT2D eigenvalue weighted by molar-refractivity contribution is 7.09. The molecule has 0 atom stereocenters. The Morgan fingerprint density at radius 1 is 1.43 bits per heavy atom. The number of hydrazine groups is 1. The van der Waals surface area contributed by atoms with Gasteiger partial charge in [-0.25, -0.2) is 15.8 Å². The summed E-state index contributed by atoms with van der Waals surface area (Å²) >= 11 is 1.53. The molecule has 0 aromatic carbocycles. The third-order valence-electron chi connectivity index (χ3n) is 2.78. The summed E-state index contributed by atoms with van der Waals surface area (Å²) in [6, 6.07) is 0. The van der Waals surface area contributed by atoms with E-state index in [0.29, 0.717) is 6.54 Å². The number of rotatable bonds is 5. The molecule has 0 amide bonds. The topological polar surface area (TPSA) is 123 Å². The van der Waals surface area contributed by atoms with Crippen LogP contribution in [0.25, 0.3) is 0 Å². The van der Waals surface area contributed by atoms with E-state index >= 15 is 0 Å². The molecular weight excluding hydrogens is 294 g/mol. The molecule has 2 aromatic rings. The van der Waals surface area contributed by atoms with Crippen LogP contribution in [-0.4, -0.2) is 26.9 Å². The van der Waals surface area contributed by atoms with Gasteiger partial charge in [0.05, 0.1) is 22.2 Å². The van der Waals surface area contributed by atoms with Crippen LogP contribution in [0.15, 0.2) is 5.38 Å². The van der Waals surface area contributed by atoms with E-state index in [1.54, 1.807) is 18.9 Å². The van der Waals surface area contributed by atoms with Gasteiger partial charge in [0, 0.05) is 12.4 Å². The second-order valence-corrected chi connectivity index (χ2v) is 5.48. The lowest BCUT2D eigenvalue weighted by molar-refractivity contribution is -0.385. The lowest BCUT2D eigenvalue weighted by atomic mass is 10.3. The number of hydrogen-bond donors (Lipinski definition) is 2. The molecule has 2 heterocycles. The fourth-order valence-electron chi connectivity index (χ4n) is 1.90. The molecule has 2 aromatic heterocycles. The summed E-state index contributed by atoms with van der Waals surface area (Å²) in [5.41, 5.74) is 3.25. The van der Waals surface area contributed by atoms with Crippen molar-refractivity contribution in [3.8, 4) is 0 Å². The Morgan fingerprint density at radius 3 is 2.67 bits per heavy atom. The molecule has 2 rings (SSSR count). The molecule has 0 radical (unpaired) electrons. The first-order valence-electron chi connectivity index (χ1n) is 6.04. The van der Waals surface area contributed by atoms with Crippen molar-refractivity contribution in [2.45, 2.75) is 20.4 Å². The number of thiazole rings is 1. The Kier molecular flexibility index (Phi) is 4.29. The van der Waals surface area contributed by atoms with E-state index in [1.165, 1.54) is 11.3 Å². The fraction of sp³-hybridized carbons (Fsp3) is 0.364. The van der Waals surface area contributed by atoms with Crippen LogP contribution in [0.1, 0.15) is 16.4 Å². The number of aromatic nitrogens is 3. The summed E-state index contributed by atoms with van der Waals surface area (Å²) < 4.78 is 0. The Balaban J connectivity index is 2.40. The third-order valence-corrected chi connectivity index (χ3v) is 3.60. The smallest absolute Gasteiger partial charge is 0.332 e. The molecule has 0 spiro atoms. The Morgan fingerprint density at radius 2 is 2.14 bits per heavy atom. The maximum absolute atomic E-state index is 11.2. The van der Waals surface area contributed by atoms with Crippen molar-refractivity contribution in [2.75, 3.05) is 17.4 Å². The van der Waals surface area contributed by atoms with E-state index in [2.05, 4.69) is 20.4 Å². The first kappa shape index (κ1) is 15.1.